The van der Waals surface area contributed by atoms with Gasteiger partial charge >= 0.3 is 0 Å². The Hall–Kier alpha value is -1.73. The van der Waals surface area contributed by atoms with E-state index in [4.69, 9.17) is 4.55 Å². The summed E-state index contributed by atoms with van der Waals surface area (Å²) >= 11 is 0. The molecule has 0 spiro atoms. The van der Waals surface area contributed by atoms with Gasteiger partial charge in [-0.2, -0.15) is 13.5 Å². The van der Waals surface area contributed by atoms with Crippen molar-refractivity contribution >= 4 is 10.1 Å². The summed E-state index contributed by atoms with van der Waals surface area (Å²) in [6.07, 6.45) is 2.15. The zero-order valence-electron chi connectivity index (χ0n) is 7.91. The van der Waals surface area contributed by atoms with Crippen molar-refractivity contribution in [3.05, 3.63) is 42.5 Å². The zero-order chi connectivity index (χ0) is 11.8. The summed E-state index contributed by atoms with van der Waals surface area (Å²) in [7, 11) is -4.26. The molecule has 1 aromatic carbocycles. The molecular formula is C9H7FN2O3S. The van der Waals surface area contributed by atoms with Crippen molar-refractivity contribution in [3.63, 3.8) is 0 Å². The zero-order valence-corrected chi connectivity index (χ0v) is 8.72. The molecule has 1 heterocycles. The number of aromatic nitrogens is 2. The third-order valence-corrected chi connectivity index (χ3v) is 2.75. The predicted octanol–water partition coefficient (Wildman–Crippen LogP) is 1.26. The lowest BCUT2D eigenvalue weighted by Crippen LogP contribution is -1.96. The molecule has 84 valence electrons. The number of benzene rings is 1. The van der Waals surface area contributed by atoms with Gasteiger partial charge in [-0.1, -0.05) is 0 Å². The van der Waals surface area contributed by atoms with E-state index in [1.807, 2.05) is 0 Å². The van der Waals surface area contributed by atoms with E-state index in [-0.39, 0.29) is 4.90 Å². The van der Waals surface area contributed by atoms with Crippen LogP contribution in [0.1, 0.15) is 0 Å². The SMILES string of the molecule is O=S(=O)(O)c1cnn(-c2ccc(F)cc2)c1. The molecule has 0 radical (unpaired) electrons. The second-order valence-corrected chi connectivity index (χ2v) is 4.49. The van der Waals surface area contributed by atoms with E-state index in [1.165, 1.54) is 28.9 Å². The first-order valence-electron chi connectivity index (χ1n) is 4.25. The van der Waals surface area contributed by atoms with Crippen molar-refractivity contribution in [2.75, 3.05) is 0 Å². The summed E-state index contributed by atoms with van der Waals surface area (Å²) in [5.41, 5.74) is 0.497. The molecule has 0 aliphatic carbocycles. The number of hydrogen-bond acceptors (Lipinski definition) is 3. The van der Waals surface area contributed by atoms with Crippen LogP contribution >= 0.6 is 0 Å². The van der Waals surface area contributed by atoms with E-state index in [9.17, 15) is 12.8 Å². The van der Waals surface area contributed by atoms with Gasteiger partial charge in [0, 0.05) is 0 Å². The minimum atomic E-state index is -4.26. The van der Waals surface area contributed by atoms with Crippen LogP contribution in [-0.4, -0.2) is 22.8 Å². The highest BCUT2D eigenvalue weighted by molar-refractivity contribution is 7.85. The molecule has 0 amide bonds. The number of nitrogens with zero attached hydrogens (tertiary/aromatic N) is 2. The van der Waals surface area contributed by atoms with Crippen LogP contribution in [0.5, 0.6) is 0 Å². The Kier molecular flexibility index (Phi) is 2.49. The van der Waals surface area contributed by atoms with Crippen LogP contribution in [-0.2, 0) is 10.1 Å². The molecule has 0 fully saturated rings. The first-order chi connectivity index (χ1) is 7.47. The fourth-order valence-corrected chi connectivity index (χ4v) is 1.59. The van der Waals surface area contributed by atoms with Crippen molar-refractivity contribution in [1.82, 2.24) is 9.78 Å². The molecule has 2 aromatic rings. The van der Waals surface area contributed by atoms with Gasteiger partial charge in [0.15, 0.2) is 0 Å². The molecule has 0 saturated carbocycles. The number of halogens is 1. The summed E-state index contributed by atoms with van der Waals surface area (Å²) in [6, 6.07) is 5.33. The maximum atomic E-state index is 12.6. The Bertz CT molecular complexity index is 604. The van der Waals surface area contributed by atoms with E-state index in [0.29, 0.717) is 5.69 Å². The monoisotopic (exact) mass is 242 g/mol. The highest BCUT2D eigenvalue weighted by Gasteiger charge is 2.12. The van der Waals surface area contributed by atoms with Gasteiger partial charge in [-0.25, -0.2) is 9.07 Å². The van der Waals surface area contributed by atoms with Gasteiger partial charge in [-0.3, -0.25) is 4.55 Å². The minimum Gasteiger partial charge on any atom is -0.282 e. The molecule has 0 saturated heterocycles. The Morgan fingerprint density at radius 2 is 1.88 bits per heavy atom. The van der Waals surface area contributed by atoms with Crippen LogP contribution in [0.3, 0.4) is 0 Å². The largest absolute Gasteiger partial charge is 0.297 e. The van der Waals surface area contributed by atoms with E-state index in [1.54, 1.807) is 0 Å². The standard InChI is InChI=1S/C9H7FN2O3S/c10-7-1-3-8(4-2-7)12-6-9(5-11-12)16(13,14)15/h1-6H,(H,13,14,15). The summed E-state index contributed by atoms with van der Waals surface area (Å²) in [6.45, 7) is 0. The Balaban J connectivity index is 2.43. The van der Waals surface area contributed by atoms with Crippen LogP contribution in [0, 0.1) is 5.82 Å². The molecule has 0 unspecified atom stereocenters. The van der Waals surface area contributed by atoms with Crippen molar-refractivity contribution in [1.29, 1.82) is 0 Å². The summed E-state index contributed by atoms with van der Waals surface area (Å²) < 4.78 is 44.2. The fourth-order valence-electron chi connectivity index (χ4n) is 1.17. The van der Waals surface area contributed by atoms with Crippen LogP contribution in [0.2, 0.25) is 0 Å². The molecule has 1 aromatic heterocycles. The molecule has 1 N–H and O–H groups in total. The first-order valence-corrected chi connectivity index (χ1v) is 5.69. The van der Waals surface area contributed by atoms with Gasteiger partial charge in [-0.05, 0) is 24.3 Å². The normalized spacial score (nSPS) is 11.6. The van der Waals surface area contributed by atoms with E-state index in [0.717, 1.165) is 12.4 Å². The highest BCUT2D eigenvalue weighted by atomic mass is 32.2. The maximum absolute atomic E-state index is 12.6. The van der Waals surface area contributed by atoms with Gasteiger partial charge in [0.1, 0.15) is 10.7 Å². The topological polar surface area (TPSA) is 72.2 Å². The molecular weight excluding hydrogens is 235 g/mol. The van der Waals surface area contributed by atoms with Gasteiger partial charge < -0.3 is 0 Å². The third-order valence-electron chi connectivity index (χ3n) is 1.95. The lowest BCUT2D eigenvalue weighted by Gasteiger charge is -1.99. The number of hydrogen-bond donors (Lipinski definition) is 1. The van der Waals surface area contributed by atoms with E-state index in [2.05, 4.69) is 5.10 Å². The van der Waals surface area contributed by atoms with E-state index < -0.39 is 15.9 Å². The van der Waals surface area contributed by atoms with Gasteiger partial charge in [0.2, 0.25) is 0 Å². The summed E-state index contributed by atoms with van der Waals surface area (Å²) in [5, 5.41) is 3.74. The predicted molar refractivity (Wildman–Crippen MR) is 53.3 cm³/mol. The Labute approximate surface area is 90.9 Å². The Morgan fingerprint density at radius 1 is 1.25 bits per heavy atom. The first kappa shape index (κ1) is 10.8. The van der Waals surface area contributed by atoms with Gasteiger partial charge in [0.25, 0.3) is 10.1 Å². The third kappa shape index (κ3) is 2.10. The molecule has 2 rings (SSSR count). The van der Waals surface area contributed by atoms with Crippen LogP contribution in [0.4, 0.5) is 4.39 Å². The van der Waals surface area contributed by atoms with Crippen molar-refractivity contribution in [3.8, 4) is 5.69 Å². The fraction of sp³-hybridized carbons (Fsp3) is 0. The molecule has 0 bridgehead atoms. The van der Waals surface area contributed by atoms with Gasteiger partial charge in [0.05, 0.1) is 18.1 Å². The van der Waals surface area contributed by atoms with E-state index >= 15 is 0 Å². The molecule has 7 heteroatoms. The lowest BCUT2D eigenvalue weighted by atomic mass is 10.3. The maximum Gasteiger partial charge on any atom is 0.297 e. The van der Waals surface area contributed by atoms with Crippen LogP contribution < -0.4 is 0 Å². The van der Waals surface area contributed by atoms with Crippen molar-refractivity contribution < 1.29 is 17.4 Å². The van der Waals surface area contributed by atoms with Crippen molar-refractivity contribution in [2.45, 2.75) is 4.90 Å². The molecule has 0 atom stereocenters. The average molecular weight is 242 g/mol. The molecule has 16 heavy (non-hydrogen) atoms. The summed E-state index contributed by atoms with van der Waals surface area (Å²) in [4.78, 5) is -0.308. The average Bonchev–Trinajstić information content (AvgIpc) is 2.67. The minimum absolute atomic E-state index is 0.308. The quantitative estimate of drug-likeness (QED) is 0.804. The summed E-state index contributed by atoms with van der Waals surface area (Å²) in [5.74, 6) is -0.397. The van der Waals surface area contributed by atoms with Crippen LogP contribution in [0.25, 0.3) is 5.69 Å². The number of rotatable bonds is 2. The second kappa shape index (κ2) is 3.69. The molecule has 0 aliphatic heterocycles. The van der Waals surface area contributed by atoms with Gasteiger partial charge in [-0.15, -0.1) is 0 Å². The van der Waals surface area contributed by atoms with Crippen molar-refractivity contribution in [2.24, 2.45) is 0 Å². The second-order valence-electron chi connectivity index (χ2n) is 3.07. The molecule has 5 nitrogen and oxygen atoms in total. The Morgan fingerprint density at radius 3 is 2.38 bits per heavy atom. The lowest BCUT2D eigenvalue weighted by molar-refractivity contribution is 0.483. The van der Waals surface area contributed by atoms with Crippen LogP contribution in [0.15, 0.2) is 41.6 Å². The highest BCUT2D eigenvalue weighted by Crippen LogP contribution is 2.12. The molecule has 0 aliphatic rings. The smallest absolute Gasteiger partial charge is 0.282 e.